The SMILES string of the molecule is N#CC(NCc1ccc(F)cc1)c1ccncc1. The van der Waals surface area contributed by atoms with Gasteiger partial charge in [-0.3, -0.25) is 10.3 Å². The minimum atomic E-state index is -0.391. The van der Waals surface area contributed by atoms with Gasteiger partial charge in [-0.05, 0) is 35.4 Å². The van der Waals surface area contributed by atoms with E-state index in [1.54, 1.807) is 36.7 Å². The fourth-order valence-corrected chi connectivity index (χ4v) is 1.62. The topological polar surface area (TPSA) is 48.7 Å². The van der Waals surface area contributed by atoms with Gasteiger partial charge in [0, 0.05) is 18.9 Å². The second kappa shape index (κ2) is 5.89. The largest absolute Gasteiger partial charge is 0.294 e. The van der Waals surface area contributed by atoms with Gasteiger partial charge in [0.2, 0.25) is 0 Å². The lowest BCUT2D eigenvalue weighted by atomic mass is 10.1. The molecule has 1 unspecified atom stereocenters. The van der Waals surface area contributed by atoms with Crippen LogP contribution >= 0.6 is 0 Å². The molecule has 0 bridgehead atoms. The molecule has 3 nitrogen and oxygen atoms in total. The zero-order valence-corrected chi connectivity index (χ0v) is 9.68. The van der Waals surface area contributed by atoms with Gasteiger partial charge in [0.15, 0.2) is 0 Å². The number of hydrogen-bond donors (Lipinski definition) is 1. The van der Waals surface area contributed by atoms with Crippen LogP contribution in [-0.4, -0.2) is 4.98 Å². The Kier molecular flexibility index (Phi) is 4.00. The van der Waals surface area contributed by atoms with Crippen molar-refractivity contribution in [2.24, 2.45) is 0 Å². The monoisotopic (exact) mass is 241 g/mol. The van der Waals surface area contributed by atoms with Gasteiger partial charge < -0.3 is 0 Å². The predicted molar refractivity (Wildman–Crippen MR) is 65.8 cm³/mol. The molecule has 0 fully saturated rings. The molecule has 0 amide bonds. The normalized spacial score (nSPS) is 11.8. The molecular formula is C14H12FN3. The summed E-state index contributed by atoms with van der Waals surface area (Å²) in [6, 6.07) is 11.6. The summed E-state index contributed by atoms with van der Waals surface area (Å²) in [7, 11) is 0. The second-order valence-corrected chi connectivity index (χ2v) is 3.85. The smallest absolute Gasteiger partial charge is 0.123 e. The van der Waals surface area contributed by atoms with Crippen LogP contribution in [-0.2, 0) is 6.54 Å². The van der Waals surface area contributed by atoms with Crippen LogP contribution in [0.3, 0.4) is 0 Å². The van der Waals surface area contributed by atoms with Gasteiger partial charge in [-0.25, -0.2) is 4.39 Å². The van der Waals surface area contributed by atoms with Crippen molar-refractivity contribution >= 4 is 0 Å². The van der Waals surface area contributed by atoms with E-state index in [0.29, 0.717) is 6.54 Å². The van der Waals surface area contributed by atoms with Crippen LogP contribution in [0.25, 0.3) is 0 Å². The van der Waals surface area contributed by atoms with Crippen LogP contribution < -0.4 is 5.32 Å². The highest BCUT2D eigenvalue weighted by Crippen LogP contribution is 2.11. The van der Waals surface area contributed by atoms with E-state index in [0.717, 1.165) is 11.1 Å². The molecule has 0 aliphatic heterocycles. The van der Waals surface area contributed by atoms with Crippen LogP contribution in [0.4, 0.5) is 4.39 Å². The van der Waals surface area contributed by atoms with Crippen LogP contribution in [0, 0.1) is 17.1 Å². The van der Waals surface area contributed by atoms with Crippen molar-refractivity contribution in [3.63, 3.8) is 0 Å². The number of nitrogens with zero attached hydrogens (tertiary/aromatic N) is 2. The van der Waals surface area contributed by atoms with Crippen molar-refractivity contribution < 1.29 is 4.39 Å². The van der Waals surface area contributed by atoms with Crippen LogP contribution in [0.2, 0.25) is 0 Å². The van der Waals surface area contributed by atoms with Crippen LogP contribution in [0.15, 0.2) is 48.8 Å². The summed E-state index contributed by atoms with van der Waals surface area (Å²) in [5, 5.41) is 12.2. The minimum absolute atomic E-state index is 0.260. The van der Waals surface area contributed by atoms with E-state index < -0.39 is 6.04 Å². The fraction of sp³-hybridized carbons (Fsp3) is 0.143. The van der Waals surface area contributed by atoms with E-state index in [1.807, 2.05) is 0 Å². The van der Waals surface area contributed by atoms with Gasteiger partial charge in [-0.15, -0.1) is 0 Å². The van der Waals surface area contributed by atoms with Gasteiger partial charge in [0.05, 0.1) is 6.07 Å². The quantitative estimate of drug-likeness (QED) is 0.895. The van der Waals surface area contributed by atoms with Crippen molar-refractivity contribution in [1.82, 2.24) is 10.3 Å². The molecule has 0 saturated carbocycles. The summed E-state index contributed by atoms with van der Waals surface area (Å²) in [4.78, 5) is 3.91. The first-order valence-electron chi connectivity index (χ1n) is 5.57. The van der Waals surface area contributed by atoms with E-state index in [-0.39, 0.29) is 5.82 Å². The van der Waals surface area contributed by atoms with E-state index in [1.165, 1.54) is 12.1 Å². The molecule has 18 heavy (non-hydrogen) atoms. The highest BCUT2D eigenvalue weighted by atomic mass is 19.1. The van der Waals surface area contributed by atoms with Crippen LogP contribution in [0.5, 0.6) is 0 Å². The molecule has 0 aliphatic rings. The summed E-state index contributed by atoms with van der Waals surface area (Å²) >= 11 is 0. The molecule has 90 valence electrons. The molecule has 0 aliphatic carbocycles. The highest BCUT2D eigenvalue weighted by molar-refractivity contribution is 5.22. The summed E-state index contributed by atoms with van der Waals surface area (Å²) in [6.45, 7) is 0.515. The Hall–Kier alpha value is -2.25. The molecule has 4 heteroatoms. The number of pyridine rings is 1. The van der Waals surface area contributed by atoms with Crippen molar-refractivity contribution in [3.8, 4) is 6.07 Å². The molecule has 1 N–H and O–H groups in total. The molecule has 2 aromatic rings. The van der Waals surface area contributed by atoms with E-state index in [4.69, 9.17) is 5.26 Å². The zero-order valence-electron chi connectivity index (χ0n) is 9.68. The van der Waals surface area contributed by atoms with Gasteiger partial charge in [-0.2, -0.15) is 5.26 Å². The van der Waals surface area contributed by atoms with Gasteiger partial charge in [0.1, 0.15) is 11.9 Å². The number of nitriles is 1. The maximum atomic E-state index is 12.7. The number of aromatic nitrogens is 1. The number of hydrogen-bond acceptors (Lipinski definition) is 3. The van der Waals surface area contributed by atoms with E-state index >= 15 is 0 Å². The van der Waals surface area contributed by atoms with Gasteiger partial charge in [-0.1, -0.05) is 12.1 Å². The molecule has 1 aromatic carbocycles. The number of benzene rings is 1. The van der Waals surface area contributed by atoms with Crippen LogP contribution in [0.1, 0.15) is 17.2 Å². The molecular weight excluding hydrogens is 229 g/mol. The Balaban J connectivity index is 2.00. The Morgan fingerprint density at radius 1 is 1.17 bits per heavy atom. The third-order valence-electron chi connectivity index (χ3n) is 2.59. The van der Waals surface area contributed by atoms with Gasteiger partial charge >= 0.3 is 0 Å². The maximum Gasteiger partial charge on any atom is 0.123 e. The molecule has 0 radical (unpaired) electrons. The first-order valence-corrected chi connectivity index (χ1v) is 5.57. The molecule has 0 spiro atoms. The first kappa shape index (κ1) is 12.2. The zero-order chi connectivity index (χ0) is 12.8. The average molecular weight is 241 g/mol. The third-order valence-corrected chi connectivity index (χ3v) is 2.59. The Labute approximate surface area is 105 Å². The number of halogens is 1. The van der Waals surface area contributed by atoms with Gasteiger partial charge in [0.25, 0.3) is 0 Å². The summed E-state index contributed by atoms with van der Waals surface area (Å²) in [6.07, 6.45) is 3.30. The van der Waals surface area contributed by atoms with Crippen molar-refractivity contribution in [1.29, 1.82) is 5.26 Å². The lowest BCUT2D eigenvalue weighted by Crippen LogP contribution is -2.19. The minimum Gasteiger partial charge on any atom is -0.294 e. The molecule has 2 rings (SSSR count). The molecule has 1 heterocycles. The number of rotatable bonds is 4. The summed E-state index contributed by atoms with van der Waals surface area (Å²) in [5.74, 6) is -0.260. The van der Waals surface area contributed by atoms with Crippen molar-refractivity contribution in [3.05, 3.63) is 65.7 Å². The second-order valence-electron chi connectivity index (χ2n) is 3.85. The van der Waals surface area contributed by atoms with Crippen molar-refractivity contribution in [2.45, 2.75) is 12.6 Å². The number of nitrogens with one attached hydrogen (secondary N) is 1. The molecule has 1 aromatic heterocycles. The Bertz CT molecular complexity index is 531. The third kappa shape index (κ3) is 3.12. The average Bonchev–Trinajstić information content (AvgIpc) is 2.43. The molecule has 1 atom stereocenters. The predicted octanol–water partition coefficient (Wildman–Crippen LogP) is 2.58. The highest BCUT2D eigenvalue weighted by Gasteiger charge is 2.08. The Morgan fingerprint density at radius 2 is 1.83 bits per heavy atom. The van der Waals surface area contributed by atoms with Crippen molar-refractivity contribution in [2.75, 3.05) is 0 Å². The standard InChI is InChI=1S/C14H12FN3/c15-13-3-1-11(2-4-13)10-18-14(9-16)12-5-7-17-8-6-12/h1-8,14,18H,10H2. The molecule has 0 saturated heterocycles. The summed E-state index contributed by atoms with van der Waals surface area (Å²) in [5.41, 5.74) is 1.81. The maximum absolute atomic E-state index is 12.7. The van der Waals surface area contributed by atoms with E-state index in [2.05, 4.69) is 16.4 Å². The lowest BCUT2D eigenvalue weighted by Gasteiger charge is -2.11. The first-order chi connectivity index (χ1) is 8.79. The Morgan fingerprint density at radius 3 is 2.44 bits per heavy atom. The lowest BCUT2D eigenvalue weighted by molar-refractivity contribution is 0.616. The summed E-state index contributed by atoms with van der Waals surface area (Å²) < 4.78 is 12.7. The fourth-order valence-electron chi connectivity index (χ4n) is 1.62. The van der Waals surface area contributed by atoms with E-state index in [9.17, 15) is 4.39 Å².